The highest BCUT2D eigenvalue weighted by molar-refractivity contribution is 5.92. The molecule has 2 aromatic heterocycles. The van der Waals surface area contributed by atoms with Crippen LogP contribution in [-0.4, -0.2) is 40.1 Å². The average Bonchev–Trinajstić information content (AvgIpc) is 3.12. The van der Waals surface area contributed by atoms with E-state index >= 15 is 0 Å². The maximum Gasteiger partial charge on any atom is 0.270 e. The number of carbonyl (C=O) groups is 1. The van der Waals surface area contributed by atoms with E-state index in [1.54, 1.807) is 24.7 Å². The molecule has 2 N–H and O–H groups in total. The Kier molecular flexibility index (Phi) is 5.10. The lowest BCUT2D eigenvalue weighted by Gasteiger charge is -2.11. The number of anilines is 1. The monoisotopic (exact) mass is 313 g/mol. The van der Waals surface area contributed by atoms with Crippen molar-refractivity contribution < 1.29 is 9.53 Å². The molecule has 2 aromatic rings. The second kappa shape index (κ2) is 7.64. The van der Waals surface area contributed by atoms with E-state index in [2.05, 4.69) is 25.6 Å². The maximum absolute atomic E-state index is 12.1. The normalized spacial score (nSPS) is 17.0. The minimum Gasteiger partial charge on any atom is -0.376 e. The van der Waals surface area contributed by atoms with Crippen LogP contribution in [0.15, 0.2) is 36.8 Å². The fourth-order valence-electron chi connectivity index (χ4n) is 2.36. The summed E-state index contributed by atoms with van der Waals surface area (Å²) in [6, 6.07) is 5.42. The topological polar surface area (TPSA) is 89.0 Å². The number of aromatic nitrogens is 3. The van der Waals surface area contributed by atoms with Crippen LogP contribution in [0.5, 0.6) is 0 Å². The van der Waals surface area contributed by atoms with Gasteiger partial charge in [0.1, 0.15) is 5.69 Å². The summed E-state index contributed by atoms with van der Waals surface area (Å²) in [5.74, 6) is 0.200. The minimum atomic E-state index is -0.215. The first kappa shape index (κ1) is 15.4. The molecule has 1 amide bonds. The van der Waals surface area contributed by atoms with Gasteiger partial charge in [-0.15, -0.1) is 0 Å². The van der Waals surface area contributed by atoms with Gasteiger partial charge in [-0.25, -0.2) is 9.97 Å². The third kappa shape index (κ3) is 4.46. The van der Waals surface area contributed by atoms with E-state index in [0.717, 1.165) is 25.0 Å². The molecule has 1 aliphatic heterocycles. The lowest BCUT2D eigenvalue weighted by molar-refractivity contribution is 0.0853. The molecule has 7 heteroatoms. The molecule has 23 heavy (non-hydrogen) atoms. The maximum atomic E-state index is 12.1. The first-order valence-electron chi connectivity index (χ1n) is 7.67. The van der Waals surface area contributed by atoms with Gasteiger partial charge in [-0.1, -0.05) is 6.07 Å². The van der Waals surface area contributed by atoms with Gasteiger partial charge in [0.25, 0.3) is 5.91 Å². The smallest absolute Gasteiger partial charge is 0.270 e. The number of carbonyl (C=O) groups excluding carboxylic acids is 1. The molecule has 1 aliphatic rings. The molecule has 1 saturated heterocycles. The Morgan fingerprint density at radius 2 is 2.30 bits per heavy atom. The summed E-state index contributed by atoms with van der Waals surface area (Å²) in [7, 11) is 0. The highest BCUT2D eigenvalue weighted by Crippen LogP contribution is 2.11. The number of ether oxygens (including phenoxy) is 1. The molecule has 1 atom stereocenters. The first-order valence-corrected chi connectivity index (χ1v) is 7.67. The summed E-state index contributed by atoms with van der Waals surface area (Å²) < 4.78 is 5.48. The van der Waals surface area contributed by atoms with E-state index < -0.39 is 0 Å². The average molecular weight is 313 g/mol. The van der Waals surface area contributed by atoms with Gasteiger partial charge in [-0.2, -0.15) is 0 Å². The van der Waals surface area contributed by atoms with Crippen molar-refractivity contribution in [2.45, 2.75) is 25.5 Å². The van der Waals surface area contributed by atoms with Gasteiger partial charge < -0.3 is 15.4 Å². The Morgan fingerprint density at radius 1 is 1.35 bits per heavy atom. The largest absolute Gasteiger partial charge is 0.376 e. The molecular weight excluding hydrogens is 294 g/mol. The third-order valence-electron chi connectivity index (χ3n) is 3.58. The molecule has 3 heterocycles. The molecule has 0 radical (unpaired) electrons. The molecule has 1 unspecified atom stereocenters. The predicted octanol–water partition coefficient (Wildman–Crippen LogP) is 1.39. The number of hydrogen-bond acceptors (Lipinski definition) is 6. The van der Waals surface area contributed by atoms with Crippen LogP contribution in [0.2, 0.25) is 0 Å². The number of amides is 1. The van der Waals surface area contributed by atoms with Gasteiger partial charge in [0.05, 0.1) is 6.10 Å². The fourth-order valence-corrected chi connectivity index (χ4v) is 2.36. The van der Waals surface area contributed by atoms with Crippen LogP contribution in [-0.2, 0) is 11.3 Å². The molecule has 0 spiro atoms. The molecule has 7 nitrogen and oxygen atoms in total. The van der Waals surface area contributed by atoms with Crippen molar-refractivity contribution in [3.63, 3.8) is 0 Å². The third-order valence-corrected chi connectivity index (χ3v) is 3.58. The van der Waals surface area contributed by atoms with Gasteiger partial charge in [0.2, 0.25) is 5.95 Å². The highest BCUT2D eigenvalue weighted by atomic mass is 16.5. The van der Waals surface area contributed by atoms with Crippen LogP contribution >= 0.6 is 0 Å². The Morgan fingerprint density at radius 3 is 3.09 bits per heavy atom. The first-order chi connectivity index (χ1) is 11.3. The second-order valence-corrected chi connectivity index (χ2v) is 5.33. The number of nitrogens with zero attached hydrogens (tertiary/aromatic N) is 3. The lowest BCUT2D eigenvalue weighted by Crippen LogP contribution is -2.32. The van der Waals surface area contributed by atoms with Gasteiger partial charge >= 0.3 is 0 Å². The van der Waals surface area contributed by atoms with E-state index in [1.807, 2.05) is 12.1 Å². The van der Waals surface area contributed by atoms with E-state index in [4.69, 9.17) is 4.74 Å². The summed E-state index contributed by atoms with van der Waals surface area (Å²) in [5.41, 5.74) is 1.36. The van der Waals surface area contributed by atoms with Crippen LogP contribution in [0.1, 0.15) is 28.9 Å². The molecule has 0 aromatic carbocycles. The molecular formula is C16H19N5O2. The van der Waals surface area contributed by atoms with Gasteiger partial charge in [-0.05, 0) is 30.5 Å². The molecule has 0 bridgehead atoms. The standard InChI is InChI=1S/C16H19N5O2/c22-15(19-11-13-4-2-8-23-13)14-5-7-18-16(21-14)20-10-12-3-1-6-17-9-12/h1,3,5-7,9,13H,2,4,8,10-11H2,(H,19,22)(H,18,20,21). The summed E-state index contributed by atoms with van der Waals surface area (Å²) in [6.45, 7) is 1.84. The van der Waals surface area contributed by atoms with Crippen molar-refractivity contribution in [3.8, 4) is 0 Å². The summed E-state index contributed by atoms with van der Waals surface area (Å²) in [5, 5.41) is 5.94. The van der Waals surface area contributed by atoms with Crippen LogP contribution in [0.3, 0.4) is 0 Å². The zero-order valence-corrected chi connectivity index (χ0v) is 12.7. The van der Waals surface area contributed by atoms with Crippen molar-refractivity contribution in [1.29, 1.82) is 0 Å². The Balaban J connectivity index is 1.54. The van der Waals surface area contributed by atoms with E-state index in [9.17, 15) is 4.79 Å². The Labute approximate surface area is 134 Å². The predicted molar refractivity (Wildman–Crippen MR) is 84.9 cm³/mol. The van der Waals surface area contributed by atoms with Crippen LogP contribution in [0.4, 0.5) is 5.95 Å². The van der Waals surface area contributed by atoms with Crippen LogP contribution in [0, 0.1) is 0 Å². The molecule has 0 aliphatic carbocycles. The highest BCUT2D eigenvalue weighted by Gasteiger charge is 2.17. The number of rotatable bonds is 6. The summed E-state index contributed by atoms with van der Waals surface area (Å²) in [6.07, 6.45) is 7.21. The van der Waals surface area contributed by atoms with Gasteiger partial charge in [0, 0.05) is 38.3 Å². The molecule has 120 valence electrons. The second-order valence-electron chi connectivity index (χ2n) is 5.33. The van der Waals surface area contributed by atoms with Crippen molar-refractivity contribution in [1.82, 2.24) is 20.3 Å². The van der Waals surface area contributed by atoms with Crippen molar-refractivity contribution in [2.75, 3.05) is 18.5 Å². The quantitative estimate of drug-likeness (QED) is 0.838. The number of hydrogen-bond donors (Lipinski definition) is 2. The van der Waals surface area contributed by atoms with Crippen LogP contribution < -0.4 is 10.6 Å². The SMILES string of the molecule is O=C(NCC1CCCO1)c1ccnc(NCc2cccnc2)n1. The lowest BCUT2D eigenvalue weighted by atomic mass is 10.2. The van der Waals surface area contributed by atoms with Gasteiger partial charge in [-0.3, -0.25) is 9.78 Å². The summed E-state index contributed by atoms with van der Waals surface area (Å²) in [4.78, 5) is 24.5. The number of nitrogens with one attached hydrogen (secondary N) is 2. The Hall–Kier alpha value is -2.54. The van der Waals surface area contributed by atoms with E-state index in [0.29, 0.717) is 24.7 Å². The summed E-state index contributed by atoms with van der Waals surface area (Å²) >= 11 is 0. The van der Waals surface area contributed by atoms with Crippen LogP contribution in [0.25, 0.3) is 0 Å². The zero-order chi connectivity index (χ0) is 15.9. The zero-order valence-electron chi connectivity index (χ0n) is 12.7. The van der Waals surface area contributed by atoms with E-state index in [-0.39, 0.29) is 12.0 Å². The van der Waals surface area contributed by atoms with E-state index in [1.165, 1.54) is 0 Å². The van der Waals surface area contributed by atoms with Gasteiger partial charge in [0.15, 0.2) is 0 Å². The van der Waals surface area contributed by atoms with Crippen molar-refractivity contribution >= 4 is 11.9 Å². The fraction of sp³-hybridized carbons (Fsp3) is 0.375. The van der Waals surface area contributed by atoms with Crippen molar-refractivity contribution in [3.05, 3.63) is 48.0 Å². The molecule has 3 rings (SSSR count). The number of pyridine rings is 1. The molecule has 0 saturated carbocycles. The minimum absolute atomic E-state index is 0.115. The molecule has 1 fully saturated rings. The van der Waals surface area contributed by atoms with Crippen molar-refractivity contribution in [2.24, 2.45) is 0 Å². The Bertz CT molecular complexity index is 644.